The number of aromatic nitrogens is 1. The van der Waals surface area contributed by atoms with Gasteiger partial charge >= 0.3 is 0 Å². The van der Waals surface area contributed by atoms with E-state index >= 15 is 0 Å². The van der Waals surface area contributed by atoms with Gasteiger partial charge in [0.05, 0.1) is 19.2 Å². The van der Waals surface area contributed by atoms with Gasteiger partial charge in [-0.05, 0) is 28.1 Å². The number of benzene rings is 1. The van der Waals surface area contributed by atoms with Gasteiger partial charge in [-0.2, -0.15) is 0 Å². The molecule has 1 aromatic carbocycles. The van der Waals surface area contributed by atoms with Crippen molar-refractivity contribution in [3.63, 3.8) is 0 Å². The first-order chi connectivity index (χ1) is 8.17. The molecule has 4 nitrogen and oxygen atoms in total. The summed E-state index contributed by atoms with van der Waals surface area (Å²) in [5.74, 6) is 0.634. The van der Waals surface area contributed by atoms with Crippen molar-refractivity contribution >= 4 is 33.1 Å². The maximum absolute atomic E-state index is 11.7. The first kappa shape index (κ1) is 11.9. The Kier molecular flexibility index (Phi) is 3.28. The van der Waals surface area contributed by atoms with Crippen molar-refractivity contribution in [1.29, 1.82) is 0 Å². The van der Waals surface area contributed by atoms with Crippen LogP contribution in [0.1, 0.15) is 0 Å². The van der Waals surface area contributed by atoms with E-state index in [2.05, 4.69) is 15.9 Å². The second kappa shape index (κ2) is 4.71. The van der Waals surface area contributed by atoms with Gasteiger partial charge in [0.2, 0.25) is 0 Å². The van der Waals surface area contributed by atoms with Crippen LogP contribution in [0.4, 0.5) is 0 Å². The molecule has 0 spiro atoms. The first-order valence-corrected chi connectivity index (χ1v) is 5.77. The highest BCUT2D eigenvalue weighted by Crippen LogP contribution is 2.28. The predicted octanol–water partition coefficient (Wildman–Crippen LogP) is 1.97. The van der Waals surface area contributed by atoms with Crippen molar-refractivity contribution < 1.29 is 9.53 Å². The van der Waals surface area contributed by atoms with Gasteiger partial charge in [0.25, 0.3) is 5.56 Å². The van der Waals surface area contributed by atoms with Crippen molar-refractivity contribution in [2.45, 2.75) is 6.54 Å². The van der Waals surface area contributed by atoms with E-state index in [1.807, 2.05) is 6.07 Å². The molecule has 0 saturated carbocycles. The molecule has 0 aliphatic carbocycles. The van der Waals surface area contributed by atoms with Gasteiger partial charge in [0.1, 0.15) is 12.0 Å². The zero-order valence-electron chi connectivity index (χ0n) is 9.14. The lowest BCUT2D eigenvalue weighted by molar-refractivity contribution is -0.108. The predicted molar refractivity (Wildman–Crippen MR) is 68.5 cm³/mol. The lowest BCUT2D eigenvalue weighted by Crippen LogP contribution is -2.20. The number of ether oxygens (including phenoxy) is 1. The largest absolute Gasteiger partial charge is 0.497 e. The van der Waals surface area contributed by atoms with Crippen molar-refractivity contribution in [2.24, 2.45) is 0 Å². The summed E-state index contributed by atoms with van der Waals surface area (Å²) in [5.41, 5.74) is 0.473. The molecule has 17 heavy (non-hydrogen) atoms. The van der Waals surface area contributed by atoms with Gasteiger partial charge in [-0.3, -0.25) is 4.79 Å². The van der Waals surface area contributed by atoms with E-state index in [1.54, 1.807) is 19.2 Å². The molecule has 0 fully saturated rings. The summed E-state index contributed by atoms with van der Waals surface area (Å²) >= 11 is 3.41. The minimum absolute atomic E-state index is 0.0375. The van der Waals surface area contributed by atoms with E-state index in [-0.39, 0.29) is 12.1 Å². The highest BCUT2D eigenvalue weighted by Gasteiger charge is 2.07. The number of halogens is 1. The highest BCUT2D eigenvalue weighted by atomic mass is 79.9. The van der Waals surface area contributed by atoms with E-state index < -0.39 is 0 Å². The molecule has 0 amide bonds. The zero-order chi connectivity index (χ0) is 12.4. The SMILES string of the molecule is COc1cc(Br)c2ccc(=O)n(CC=O)c2c1. The second-order valence-corrected chi connectivity index (χ2v) is 4.35. The molecule has 0 aliphatic rings. The Balaban J connectivity index is 2.86. The maximum atomic E-state index is 11.7. The number of hydrogen-bond donors (Lipinski definition) is 0. The summed E-state index contributed by atoms with van der Waals surface area (Å²) in [6, 6.07) is 6.73. The molecule has 0 N–H and O–H groups in total. The Morgan fingerprint density at radius 1 is 1.41 bits per heavy atom. The quantitative estimate of drug-likeness (QED) is 0.814. The molecule has 88 valence electrons. The van der Waals surface area contributed by atoms with Crippen molar-refractivity contribution in [2.75, 3.05) is 7.11 Å². The fourth-order valence-corrected chi connectivity index (χ4v) is 2.27. The zero-order valence-corrected chi connectivity index (χ0v) is 10.7. The van der Waals surface area contributed by atoms with Crippen molar-refractivity contribution in [3.8, 4) is 5.75 Å². The van der Waals surface area contributed by atoms with E-state index in [4.69, 9.17) is 4.74 Å². The lowest BCUT2D eigenvalue weighted by atomic mass is 10.2. The van der Waals surface area contributed by atoms with Gasteiger partial charge < -0.3 is 14.1 Å². The van der Waals surface area contributed by atoms with E-state index in [9.17, 15) is 9.59 Å². The molecule has 2 rings (SSSR count). The third-order valence-corrected chi connectivity index (χ3v) is 3.18. The summed E-state index contributed by atoms with van der Waals surface area (Å²) < 4.78 is 7.38. The minimum atomic E-state index is -0.204. The number of aldehydes is 1. The Bertz CT molecular complexity index is 633. The molecule has 5 heteroatoms. The fourth-order valence-electron chi connectivity index (χ4n) is 1.71. The maximum Gasteiger partial charge on any atom is 0.251 e. The fraction of sp³-hybridized carbons (Fsp3) is 0.167. The second-order valence-electron chi connectivity index (χ2n) is 3.49. The molecule has 0 atom stereocenters. The molecule has 0 radical (unpaired) electrons. The number of carbonyl (C=O) groups is 1. The van der Waals surface area contributed by atoms with Gasteiger partial charge in [0, 0.05) is 22.0 Å². The number of carbonyl (C=O) groups excluding carboxylic acids is 1. The molecule has 0 unspecified atom stereocenters. The van der Waals surface area contributed by atoms with Crippen LogP contribution >= 0.6 is 15.9 Å². The molecular formula is C12H10BrNO3. The van der Waals surface area contributed by atoms with E-state index in [0.717, 1.165) is 9.86 Å². The minimum Gasteiger partial charge on any atom is -0.497 e. The normalized spacial score (nSPS) is 10.5. The van der Waals surface area contributed by atoms with Gasteiger partial charge in [-0.1, -0.05) is 0 Å². The van der Waals surface area contributed by atoms with Gasteiger partial charge in [-0.25, -0.2) is 0 Å². The average Bonchev–Trinajstić information content (AvgIpc) is 2.32. The van der Waals surface area contributed by atoms with Crippen LogP contribution in [0.3, 0.4) is 0 Å². The lowest BCUT2D eigenvalue weighted by Gasteiger charge is -2.10. The first-order valence-electron chi connectivity index (χ1n) is 4.98. The summed E-state index contributed by atoms with van der Waals surface area (Å²) in [7, 11) is 1.55. The van der Waals surface area contributed by atoms with E-state index in [1.165, 1.54) is 10.6 Å². The average molecular weight is 296 g/mol. The molecule has 1 heterocycles. The number of methoxy groups -OCH3 is 1. The van der Waals surface area contributed by atoms with Gasteiger partial charge in [-0.15, -0.1) is 0 Å². The highest BCUT2D eigenvalue weighted by molar-refractivity contribution is 9.10. The molecule has 2 aromatic rings. The third-order valence-electron chi connectivity index (χ3n) is 2.52. The number of pyridine rings is 1. The number of nitrogens with zero attached hydrogens (tertiary/aromatic N) is 1. The summed E-state index contributed by atoms with van der Waals surface area (Å²) in [4.78, 5) is 22.3. The van der Waals surface area contributed by atoms with Crippen LogP contribution in [0.25, 0.3) is 10.9 Å². The summed E-state index contributed by atoms with van der Waals surface area (Å²) in [5, 5.41) is 0.868. The summed E-state index contributed by atoms with van der Waals surface area (Å²) in [6.45, 7) is 0.0375. The monoisotopic (exact) mass is 295 g/mol. The van der Waals surface area contributed by atoms with Crippen LogP contribution in [0.2, 0.25) is 0 Å². The van der Waals surface area contributed by atoms with Crippen LogP contribution in [0, 0.1) is 0 Å². The standard InChI is InChI=1S/C12H10BrNO3/c1-17-8-6-10(13)9-2-3-12(16)14(4-5-15)11(9)7-8/h2-3,5-7H,4H2,1H3. The molecule has 0 saturated heterocycles. The van der Waals surface area contributed by atoms with E-state index in [0.29, 0.717) is 17.6 Å². The number of fused-ring (bicyclic) bond motifs is 1. The summed E-state index contributed by atoms with van der Waals surface area (Å²) in [6.07, 6.45) is 0.703. The van der Waals surface area contributed by atoms with Crippen LogP contribution in [-0.2, 0) is 11.3 Å². The Morgan fingerprint density at radius 2 is 2.18 bits per heavy atom. The molecule has 1 aromatic heterocycles. The van der Waals surface area contributed by atoms with Crippen LogP contribution in [0.5, 0.6) is 5.75 Å². The Morgan fingerprint density at radius 3 is 2.82 bits per heavy atom. The Labute approximate surface area is 106 Å². The molecule has 0 aliphatic heterocycles. The smallest absolute Gasteiger partial charge is 0.251 e. The third kappa shape index (κ3) is 2.10. The van der Waals surface area contributed by atoms with Crippen molar-refractivity contribution in [3.05, 3.63) is 39.1 Å². The number of hydrogen-bond acceptors (Lipinski definition) is 3. The molecular weight excluding hydrogens is 286 g/mol. The number of rotatable bonds is 3. The van der Waals surface area contributed by atoms with Crippen LogP contribution < -0.4 is 10.3 Å². The van der Waals surface area contributed by atoms with Gasteiger partial charge in [0.15, 0.2) is 0 Å². The van der Waals surface area contributed by atoms with Crippen LogP contribution in [0.15, 0.2) is 33.5 Å². The molecule has 0 bridgehead atoms. The van der Waals surface area contributed by atoms with Crippen molar-refractivity contribution in [1.82, 2.24) is 4.57 Å². The topological polar surface area (TPSA) is 48.3 Å². The Hall–Kier alpha value is -1.62. The van der Waals surface area contributed by atoms with Crippen LogP contribution in [-0.4, -0.2) is 18.0 Å².